The first-order valence-electron chi connectivity index (χ1n) is 12.7. The second kappa shape index (κ2) is 11.9. The number of thiocarbonyl (C=S) groups is 1. The fraction of sp³-hybridized carbons (Fsp3) is 0.346. The first-order chi connectivity index (χ1) is 19.7. The Labute approximate surface area is 242 Å². The quantitative estimate of drug-likeness (QED) is 0.199. The molecule has 216 valence electrons. The molecule has 0 bridgehead atoms. The first-order valence-corrected chi connectivity index (χ1v) is 14.4. The average molecular weight is 605 g/mol. The van der Waals surface area contributed by atoms with Gasteiger partial charge in [-0.3, -0.25) is 9.69 Å². The zero-order valence-corrected chi connectivity index (χ0v) is 23.4. The fourth-order valence-electron chi connectivity index (χ4n) is 4.46. The number of carbonyl (C=O) groups is 2. The summed E-state index contributed by atoms with van der Waals surface area (Å²) in [5, 5.41) is 18.0. The van der Waals surface area contributed by atoms with Crippen LogP contribution in [0.5, 0.6) is 0 Å². The summed E-state index contributed by atoms with van der Waals surface area (Å²) in [7, 11) is 0. The molecule has 2 aliphatic rings. The number of amides is 1. The number of rotatable bonds is 10. The van der Waals surface area contributed by atoms with Gasteiger partial charge in [0.1, 0.15) is 27.5 Å². The SMILES string of the molecule is CSC(=S)NC[C@H]1CN(c2ccc(NCCNc3nc4c(cc3F)c(=O)c(C(=O)O)cn4C3CC3)c(F)c2)C(=O)O1. The summed E-state index contributed by atoms with van der Waals surface area (Å²) in [6.45, 7) is 0.946. The zero-order valence-electron chi connectivity index (χ0n) is 21.8. The number of halogens is 2. The zero-order chi connectivity index (χ0) is 29.3. The molecule has 1 amide bonds. The van der Waals surface area contributed by atoms with Crippen LogP contribution in [0, 0.1) is 11.6 Å². The van der Waals surface area contributed by atoms with Gasteiger partial charge in [0.15, 0.2) is 11.6 Å². The summed E-state index contributed by atoms with van der Waals surface area (Å²) in [6, 6.07) is 5.31. The number of ether oxygens (including phenoxy) is 1. The molecular formula is C26H26F2N6O5S2. The second-order valence-corrected chi connectivity index (χ2v) is 11.0. The number of carbonyl (C=O) groups excluding carboxylic acids is 1. The first kappa shape index (κ1) is 28.5. The van der Waals surface area contributed by atoms with Crippen molar-refractivity contribution in [2.24, 2.45) is 0 Å². The van der Waals surface area contributed by atoms with Crippen LogP contribution in [-0.4, -0.2) is 69.6 Å². The van der Waals surface area contributed by atoms with Crippen LogP contribution in [0.25, 0.3) is 11.0 Å². The van der Waals surface area contributed by atoms with E-state index in [1.54, 1.807) is 10.6 Å². The lowest BCUT2D eigenvalue weighted by Gasteiger charge is -2.16. The number of carboxylic acids is 1. The molecule has 3 heterocycles. The number of thioether (sulfide) groups is 1. The Hall–Kier alpha value is -3.98. The summed E-state index contributed by atoms with van der Waals surface area (Å²) in [5.74, 6) is -2.88. The van der Waals surface area contributed by atoms with Crippen molar-refractivity contribution in [3.05, 3.63) is 57.9 Å². The molecule has 0 spiro atoms. The van der Waals surface area contributed by atoms with Crippen LogP contribution in [0.4, 0.5) is 30.8 Å². The van der Waals surface area contributed by atoms with E-state index in [1.807, 2.05) is 6.26 Å². The number of hydrogen-bond donors (Lipinski definition) is 4. The van der Waals surface area contributed by atoms with Crippen molar-refractivity contribution in [3.63, 3.8) is 0 Å². The van der Waals surface area contributed by atoms with E-state index in [2.05, 4.69) is 20.9 Å². The standard InChI is InChI=1S/C26H26F2N6O5S2/c1-41-25(40)31-10-15-11-34(26(38)39-15)14-4-5-20(18(27)8-14)29-6-7-30-22-19(28)9-16-21(35)17(24(36)37)12-33(13-2-3-13)23(16)32-22/h4-5,8-9,12-13,15,29H,2-3,6-7,10-11H2,1H3,(H,30,32)(H,31,40)(H,36,37)/t15-/m0/s1. The minimum atomic E-state index is -1.38. The highest BCUT2D eigenvalue weighted by Crippen LogP contribution is 2.37. The van der Waals surface area contributed by atoms with Gasteiger partial charge in [-0.05, 0) is 43.4 Å². The molecule has 1 atom stereocenters. The molecule has 11 nitrogen and oxygen atoms in total. The van der Waals surface area contributed by atoms with Gasteiger partial charge in [-0.2, -0.15) is 0 Å². The van der Waals surface area contributed by atoms with Crippen LogP contribution < -0.4 is 26.3 Å². The summed E-state index contributed by atoms with van der Waals surface area (Å²) in [4.78, 5) is 42.0. The third kappa shape index (κ3) is 6.20. The normalized spacial score (nSPS) is 16.5. The van der Waals surface area contributed by atoms with Gasteiger partial charge in [-0.25, -0.2) is 23.4 Å². The van der Waals surface area contributed by atoms with Crippen molar-refractivity contribution < 1.29 is 28.2 Å². The summed E-state index contributed by atoms with van der Waals surface area (Å²) < 4.78 is 37.1. The van der Waals surface area contributed by atoms with Crippen molar-refractivity contribution in [3.8, 4) is 0 Å². The lowest BCUT2D eigenvalue weighted by molar-refractivity contribution is 0.0694. The molecule has 2 fully saturated rings. The number of benzene rings is 1. The Kier molecular flexibility index (Phi) is 8.26. The molecule has 1 saturated carbocycles. The number of cyclic esters (lactones) is 1. The Morgan fingerprint density at radius 1 is 1.20 bits per heavy atom. The monoisotopic (exact) mass is 604 g/mol. The van der Waals surface area contributed by atoms with Crippen LogP contribution in [0.15, 0.2) is 35.3 Å². The van der Waals surface area contributed by atoms with Crippen molar-refractivity contribution in [2.45, 2.75) is 25.0 Å². The van der Waals surface area contributed by atoms with E-state index >= 15 is 0 Å². The predicted octanol–water partition coefficient (Wildman–Crippen LogP) is 3.79. The number of nitrogens with one attached hydrogen (secondary N) is 3. The number of hydrogen-bond acceptors (Lipinski definition) is 9. The highest BCUT2D eigenvalue weighted by Gasteiger charge is 2.33. The minimum Gasteiger partial charge on any atom is -0.477 e. The van der Waals surface area contributed by atoms with E-state index in [0.717, 1.165) is 18.9 Å². The molecular weight excluding hydrogens is 578 g/mol. The van der Waals surface area contributed by atoms with Crippen LogP contribution in [0.2, 0.25) is 0 Å². The van der Waals surface area contributed by atoms with E-state index in [1.165, 1.54) is 35.0 Å². The van der Waals surface area contributed by atoms with E-state index in [0.29, 0.717) is 16.6 Å². The molecule has 0 radical (unpaired) electrons. The molecule has 1 aliphatic carbocycles. The van der Waals surface area contributed by atoms with Crippen molar-refractivity contribution in [1.29, 1.82) is 0 Å². The van der Waals surface area contributed by atoms with Gasteiger partial charge in [0.25, 0.3) is 0 Å². The minimum absolute atomic E-state index is 0.00190. The van der Waals surface area contributed by atoms with E-state index in [9.17, 15) is 28.3 Å². The summed E-state index contributed by atoms with van der Waals surface area (Å²) in [6.07, 6.45) is 3.69. The maximum Gasteiger partial charge on any atom is 0.414 e. The van der Waals surface area contributed by atoms with Crippen molar-refractivity contribution in [1.82, 2.24) is 14.9 Å². The van der Waals surface area contributed by atoms with Crippen LogP contribution >= 0.6 is 24.0 Å². The lowest BCUT2D eigenvalue weighted by atomic mass is 10.2. The number of anilines is 3. The molecule has 41 heavy (non-hydrogen) atoms. The van der Waals surface area contributed by atoms with Gasteiger partial charge in [-0.15, -0.1) is 11.8 Å². The van der Waals surface area contributed by atoms with Gasteiger partial charge >= 0.3 is 12.1 Å². The maximum absolute atomic E-state index is 14.8. The molecule has 1 aromatic carbocycles. The fourth-order valence-corrected chi connectivity index (χ4v) is 4.77. The summed E-state index contributed by atoms with van der Waals surface area (Å²) in [5.41, 5.74) is -0.495. The third-order valence-corrected chi connectivity index (χ3v) is 7.82. The average Bonchev–Trinajstić information content (AvgIpc) is 3.72. The molecule has 0 unspecified atom stereocenters. The molecule has 3 aromatic rings. The number of fused-ring (bicyclic) bond motifs is 1. The third-order valence-electron chi connectivity index (χ3n) is 6.66. The Morgan fingerprint density at radius 3 is 2.63 bits per heavy atom. The highest BCUT2D eigenvalue weighted by molar-refractivity contribution is 8.22. The van der Waals surface area contributed by atoms with E-state index < -0.39 is 40.8 Å². The second-order valence-electron chi connectivity index (χ2n) is 9.51. The van der Waals surface area contributed by atoms with Gasteiger partial charge in [0.2, 0.25) is 5.43 Å². The lowest BCUT2D eigenvalue weighted by Crippen LogP contribution is -2.32. The molecule has 5 rings (SSSR count). The summed E-state index contributed by atoms with van der Waals surface area (Å²) >= 11 is 6.46. The maximum atomic E-state index is 14.8. The largest absolute Gasteiger partial charge is 0.477 e. The predicted molar refractivity (Wildman–Crippen MR) is 156 cm³/mol. The van der Waals surface area contributed by atoms with Crippen molar-refractivity contribution in [2.75, 3.05) is 48.0 Å². The molecule has 1 saturated heterocycles. The number of aromatic nitrogens is 2. The highest BCUT2D eigenvalue weighted by atomic mass is 32.2. The van der Waals surface area contributed by atoms with E-state index in [-0.39, 0.29) is 48.2 Å². The Bertz CT molecular complexity index is 1600. The number of nitrogens with zero attached hydrogens (tertiary/aromatic N) is 3. The number of pyridine rings is 2. The van der Waals surface area contributed by atoms with Crippen LogP contribution in [0.1, 0.15) is 29.2 Å². The smallest absolute Gasteiger partial charge is 0.414 e. The van der Waals surface area contributed by atoms with E-state index in [4.69, 9.17) is 17.0 Å². The van der Waals surface area contributed by atoms with Crippen molar-refractivity contribution >= 4 is 68.6 Å². The van der Waals surface area contributed by atoms with Gasteiger partial charge in [-0.1, -0.05) is 12.2 Å². The van der Waals surface area contributed by atoms with Gasteiger partial charge in [0.05, 0.1) is 29.9 Å². The molecule has 15 heteroatoms. The Balaban J connectivity index is 1.21. The number of aromatic carboxylic acids is 1. The topological polar surface area (TPSA) is 138 Å². The van der Waals surface area contributed by atoms with Crippen LogP contribution in [0.3, 0.4) is 0 Å². The van der Waals surface area contributed by atoms with Gasteiger partial charge < -0.3 is 30.4 Å². The van der Waals surface area contributed by atoms with Crippen LogP contribution in [-0.2, 0) is 4.74 Å². The number of carboxylic acid groups (broad SMARTS) is 1. The molecule has 1 aliphatic heterocycles. The molecule has 4 N–H and O–H groups in total. The Morgan fingerprint density at radius 2 is 1.95 bits per heavy atom. The molecule has 2 aromatic heterocycles. The van der Waals surface area contributed by atoms with Gasteiger partial charge in [0, 0.05) is 25.3 Å².